The molecule has 0 aliphatic carbocycles. The number of carbonyl (C=O) groups excluding carboxylic acids is 1. The van der Waals surface area contributed by atoms with Crippen molar-refractivity contribution in [3.05, 3.63) is 53.7 Å². The van der Waals surface area contributed by atoms with Crippen LogP contribution in [0, 0.1) is 11.3 Å². The summed E-state index contributed by atoms with van der Waals surface area (Å²) in [5.41, 5.74) is 1.05. The van der Waals surface area contributed by atoms with Gasteiger partial charge in [-0.1, -0.05) is 0 Å². The van der Waals surface area contributed by atoms with Gasteiger partial charge in [0.15, 0.2) is 0 Å². The van der Waals surface area contributed by atoms with E-state index in [2.05, 4.69) is 15.6 Å². The van der Waals surface area contributed by atoms with E-state index in [-0.39, 0.29) is 11.4 Å². The summed E-state index contributed by atoms with van der Waals surface area (Å²) in [6, 6.07) is 10.5. The molecular formula is C14H10N4O3. The Bertz CT molecular complexity index is 702. The van der Waals surface area contributed by atoms with Crippen molar-refractivity contribution in [3.63, 3.8) is 0 Å². The van der Waals surface area contributed by atoms with Gasteiger partial charge >= 0.3 is 12.0 Å². The van der Waals surface area contributed by atoms with Crippen LogP contribution in [0.1, 0.15) is 15.9 Å². The number of benzene rings is 1. The lowest BCUT2D eigenvalue weighted by Crippen LogP contribution is -2.20. The molecule has 1 aromatic carbocycles. The van der Waals surface area contributed by atoms with Crippen molar-refractivity contribution < 1.29 is 14.7 Å². The van der Waals surface area contributed by atoms with Crippen LogP contribution in [0.4, 0.5) is 16.3 Å². The highest BCUT2D eigenvalue weighted by Crippen LogP contribution is 2.10. The maximum Gasteiger partial charge on any atom is 0.337 e. The topological polar surface area (TPSA) is 115 Å². The SMILES string of the molecule is N#Cc1ccc(NC(=O)Nc2ccc(C(=O)O)cn2)cc1. The predicted molar refractivity (Wildman–Crippen MR) is 75.0 cm³/mol. The van der Waals surface area contributed by atoms with E-state index in [1.165, 1.54) is 12.1 Å². The van der Waals surface area contributed by atoms with Crippen molar-refractivity contribution in [1.29, 1.82) is 5.26 Å². The third-order valence-corrected chi connectivity index (χ3v) is 2.52. The summed E-state index contributed by atoms with van der Waals surface area (Å²) in [7, 11) is 0. The second kappa shape index (κ2) is 6.16. The summed E-state index contributed by atoms with van der Waals surface area (Å²) in [5, 5.41) is 22.4. The number of aromatic carboxylic acids is 1. The number of pyridine rings is 1. The van der Waals surface area contributed by atoms with Crippen molar-refractivity contribution in [2.45, 2.75) is 0 Å². The van der Waals surface area contributed by atoms with Crippen molar-refractivity contribution in [2.75, 3.05) is 10.6 Å². The van der Waals surface area contributed by atoms with Crippen LogP contribution in [0.3, 0.4) is 0 Å². The third kappa shape index (κ3) is 3.78. The minimum absolute atomic E-state index is 0.0352. The highest BCUT2D eigenvalue weighted by atomic mass is 16.4. The van der Waals surface area contributed by atoms with E-state index in [0.29, 0.717) is 11.3 Å². The predicted octanol–water partition coefficient (Wildman–Crippen LogP) is 2.30. The Morgan fingerprint density at radius 1 is 1.10 bits per heavy atom. The van der Waals surface area contributed by atoms with Crippen LogP contribution in [0.15, 0.2) is 42.6 Å². The van der Waals surface area contributed by atoms with Crippen LogP contribution < -0.4 is 10.6 Å². The molecule has 104 valence electrons. The highest BCUT2D eigenvalue weighted by Gasteiger charge is 2.06. The molecule has 0 radical (unpaired) electrons. The molecule has 7 heteroatoms. The second-order valence-electron chi connectivity index (χ2n) is 4.01. The Balaban J connectivity index is 1.97. The first-order valence-corrected chi connectivity index (χ1v) is 5.86. The summed E-state index contributed by atoms with van der Waals surface area (Å²) in [4.78, 5) is 26.2. The van der Waals surface area contributed by atoms with E-state index in [4.69, 9.17) is 10.4 Å². The fraction of sp³-hybridized carbons (Fsp3) is 0. The van der Waals surface area contributed by atoms with Crippen LogP contribution >= 0.6 is 0 Å². The van der Waals surface area contributed by atoms with E-state index in [0.717, 1.165) is 6.20 Å². The molecule has 2 amide bonds. The van der Waals surface area contributed by atoms with E-state index < -0.39 is 12.0 Å². The molecule has 0 unspecified atom stereocenters. The summed E-state index contributed by atoms with van der Waals surface area (Å²) in [6.07, 6.45) is 1.15. The van der Waals surface area contributed by atoms with E-state index in [1.807, 2.05) is 6.07 Å². The number of nitrogens with zero attached hydrogens (tertiary/aromatic N) is 2. The maximum atomic E-state index is 11.7. The molecule has 1 aromatic heterocycles. The molecular weight excluding hydrogens is 272 g/mol. The summed E-state index contributed by atoms with van der Waals surface area (Å²) in [5.74, 6) is -0.859. The van der Waals surface area contributed by atoms with Crippen molar-refractivity contribution in [1.82, 2.24) is 4.98 Å². The number of hydrogen-bond donors (Lipinski definition) is 3. The van der Waals surface area contributed by atoms with Crippen molar-refractivity contribution in [3.8, 4) is 6.07 Å². The fourth-order valence-corrected chi connectivity index (χ4v) is 1.50. The number of carboxylic acids is 1. The van der Waals surface area contributed by atoms with Gasteiger partial charge in [0.05, 0.1) is 17.2 Å². The summed E-state index contributed by atoms with van der Waals surface area (Å²) in [6.45, 7) is 0. The molecule has 0 bridgehead atoms. The van der Waals surface area contributed by atoms with Crippen molar-refractivity contribution in [2.24, 2.45) is 0 Å². The monoisotopic (exact) mass is 282 g/mol. The molecule has 0 spiro atoms. The number of urea groups is 1. The van der Waals surface area contributed by atoms with Gasteiger partial charge in [-0.05, 0) is 36.4 Å². The smallest absolute Gasteiger partial charge is 0.337 e. The number of carboxylic acid groups (broad SMARTS) is 1. The summed E-state index contributed by atoms with van der Waals surface area (Å²) < 4.78 is 0. The molecule has 2 rings (SSSR count). The Morgan fingerprint density at radius 2 is 1.81 bits per heavy atom. The van der Waals surface area contributed by atoms with E-state index in [9.17, 15) is 9.59 Å². The molecule has 0 atom stereocenters. The molecule has 0 saturated heterocycles. The number of nitrogens with one attached hydrogen (secondary N) is 2. The van der Waals surface area contributed by atoms with E-state index in [1.54, 1.807) is 24.3 Å². The van der Waals surface area contributed by atoms with Gasteiger partial charge in [0.25, 0.3) is 0 Å². The lowest BCUT2D eigenvalue weighted by atomic mass is 10.2. The second-order valence-corrected chi connectivity index (χ2v) is 4.01. The van der Waals surface area contributed by atoms with E-state index >= 15 is 0 Å². The van der Waals surface area contributed by atoms with Crippen LogP contribution in [0.2, 0.25) is 0 Å². The van der Waals surface area contributed by atoms with Crippen LogP contribution in [0.25, 0.3) is 0 Å². The zero-order valence-electron chi connectivity index (χ0n) is 10.7. The molecule has 21 heavy (non-hydrogen) atoms. The van der Waals surface area contributed by atoms with Gasteiger partial charge in [-0.2, -0.15) is 5.26 Å². The maximum absolute atomic E-state index is 11.7. The zero-order chi connectivity index (χ0) is 15.2. The molecule has 0 saturated carbocycles. The minimum Gasteiger partial charge on any atom is -0.478 e. The first-order chi connectivity index (χ1) is 10.1. The number of hydrogen-bond acceptors (Lipinski definition) is 4. The lowest BCUT2D eigenvalue weighted by Gasteiger charge is -2.07. The van der Waals surface area contributed by atoms with Gasteiger partial charge in [0.1, 0.15) is 5.82 Å². The Kier molecular flexibility index (Phi) is 4.11. The highest BCUT2D eigenvalue weighted by molar-refractivity contribution is 5.99. The normalized spacial score (nSPS) is 9.48. The summed E-state index contributed by atoms with van der Waals surface area (Å²) >= 11 is 0. The molecule has 1 heterocycles. The third-order valence-electron chi connectivity index (χ3n) is 2.52. The van der Waals surface area contributed by atoms with Gasteiger partial charge in [0.2, 0.25) is 0 Å². The Hall–Kier alpha value is -3.40. The Labute approximate surface area is 119 Å². The van der Waals surface area contributed by atoms with Gasteiger partial charge in [-0.3, -0.25) is 5.32 Å². The molecule has 0 fully saturated rings. The molecule has 0 aliphatic rings. The number of anilines is 2. The van der Waals surface area contributed by atoms with Crippen LogP contribution in [-0.4, -0.2) is 22.1 Å². The molecule has 3 N–H and O–H groups in total. The van der Waals surface area contributed by atoms with Crippen molar-refractivity contribution >= 4 is 23.5 Å². The molecule has 2 aromatic rings. The average Bonchev–Trinajstić information content (AvgIpc) is 2.48. The van der Waals surface area contributed by atoms with Gasteiger partial charge in [-0.25, -0.2) is 14.6 Å². The van der Waals surface area contributed by atoms with Gasteiger partial charge in [-0.15, -0.1) is 0 Å². The number of carbonyl (C=O) groups is 2. The average molecular weight is 282 g/mol. The van der Waals surface area contributed by atoms with Crippen LogP contribution in [-0.2, 0) is 0 Å². The molecule has 0 aliphatic heterocycles. The quantitative estimate of drug-likeness (QED) is 0.798. The number of aromatic nitrogens is 1. The fourth-order valence-electron chi connectivity index (χ4n) is 1.50. The zero-order valence-corrected chi connectivity index (χ0v) is 10.7. The van der Waals surface area contributed by atoms with Gasteiger partial charge < -0.3 is 10.4 Å². The largest absolute Gasteiger partial charge is 0.478 e. The number of amides is 2. The lowest BCUT2D eigenvalue weighted by molar-refractivity contribution is 0.0696. The Morgan fingerprint density at radius 3 is 2.33 bits per heavy atom. The van der Waals surface area contributed by atoms with Crippen LogP contribution in [0.5, 0.6) is 0 Å². The first-order valence-electron chi connectivity index (χ1n) is 5.86. The van der Waals surface area contributed by atoms with Gasteiger partial charge in [0, 0.05) is 11.9 Å². The molecule has 7 nitrogen and oxygen atoms in total. The minimum atomic E-state index is -1.09. The number of nitriles is 1. The number of rotatable bonds is 3. The standard InChI is InChI=1S/C14H10N4O3/c15-7-9-1-4-11(5-2-9)17-14(21)18-12-6-3-10(8-16-12)13(19)20/h1-6,8H,(H,19,20)(H2,16,17,18,21). The first kappa shape index (κ1) is 14.0.